The van der Waals surface area contributed by atoms with Crippen molar-refractivity contribution in [1.82, 2.24) is 14.4 Å². The summed E-state index contributed by atoms with van der Waals surface area (Å²) in [5.41, 5.74) is 9.50. The summed E-state index contributed by atoms with van der Waals surface area (Å²) in [5.74, 6) is 0. The van der Waals surface area contributed by atoms with E-state index in [0.29, 0.717) is 6.54 Å². The predicted molar refractivity (Wildman–Crippen MR) is 50.4 cm³/mol. The Morgan fingerprint density at radius 3 is 2.92 bits per heavy atom. The Bertz CT molecular complexity index is 444. The van der Waals surface area contributed by atoms with E-state index in [1.807, 2.05) is 24.4 Å². The van der Waals surface area contributed by atoms with Crippen molar-refractivity contribution in [2.45, 2.75) is 20.4 Å². The molecule has 2 heterocycles. The maximum Gasteiger partial charge on any atom is 0.0996 e. The van der Waals surface area contributed by atoms with Crippen molar-refractivity contribution in [1.29, 1.82) is 0 Å². The highest BCUT2D eigenvalue weighted by Crippen LogP contribution is 2.12. The molecule has 0 saturated heterocycles. The van der Waals surface area contributed by atoms with Crippen LogP contribution >= 0.6 is 0 Å². The van der Waals surface area contributed by atoms with Gasteiger partial charge < -0.3 is 10.1 Å². The fourth-order valence-electron chi connectivity index (χ4n) is 1.55. The highest BCUT2D eigenvalue weighted by Gasteiger charge is 2.06. The zero-order chi connectivity index (χ0) is 9.42. The van der Waals surface area contributed by atoms with E-state index in [9.17, 15) is 0 Å². The van der Waals surface area contributed by atoms with E-state index in [1.54, 1.807) is 6.33 Å². The highest BCUT2D eigenvalue weighted by atomic mass is 15.0. The third kappa shape index (κ3) is 1.19. The molecule has 0 bridgehead atoms. The van der Waals surface area contributed by atoms with Gasteiger partial charge in [0.15, 0.2) is 0 Å². The van der Waals surface area contributed by atoms with Crippen molar-refractivity contribution in [3.63, 3.8) is 0 Å². The van der Waals surface area contributed by atoms with Gasteiger partial charge in [0.25, 0.3) is 0 Å². The molecule has 0 radical (unpaired) electrons. The summed E-state index contributed by atoms with van der Waals surface area (Å²) in [5, 5.41) is 0. The average Bonchev–Trinajstić information content (AvgIpc) is 2.46. The van der Waals surface area contributed by atoms with E-state index in [0.717, 1.165) is 22.6 Å². The fraction of sp³-hybridized carbons (Fsp3) is 0.333. The van der Waals surface area contributed by atoms with E-state index in [2.05, 4.69) is 9.97 Å². The first-order valence-electron chi connectivity index (χ1n) is 4.22. The zero-order valence-corrected chi connectivity index (χ0v) is 7.78. The SMILES string of the molecule is Cc1cn2cnc(C)c2c(CN)n1. The van der Waals surface area contributed by atoms with E-state index >= 15 is 0 Å². The molecule has 0 aliphatic carbocycles. The summed E-state index contributed by atoms with van der Waals surface area (Å²) in [6.07, 6.45) is 3.74. The fourth-order valence-corrected chi connectivity index (χ4v) is 1.55. The summed E-state index contributed by atoms with van der Waals surface area (Å²) >= 11 is 0. The number of aryl methyl sites for hydroxylation is 2. The molecule has 0 aliphatic rings. The quantitative estimate of drug-likeness (QED) is 0.699. The van der Waals surface area contributed by atoms with E-state index < -0.39 is 0 Å². The minimum absolute atomic E-state index is 0.456. The average molecular weight is 176 g/mol. The third-order valence-electron chi connectivity index (χ3n) is 2.08. The molecule has 2 N–H and O–H groups in total. The van der Waals surface area contributed by atoms with Gasteiger partial charge in [-0.15, -0.1) is 0 Å². The lowest BCUT2D eigenvalue weighted by molar-refractivity contribution is 0.943. The second-order valence-corrected chi connectivity index (χ2v) is 3.12. The number of nitrogens with zero attached hydrogens (tertiary/aromatic N) is 3. The molecular formula is C9H12N4. The molecule has 0 unspecified atom stereocenters. The maximum atomic E-state index is 5.61. The minimum atomic E-state index is 0.456. The topological polar surface area (TPSA) is 56.2 Å². The minimum Gasteiger partial charge on any atom is -0.325 e. The molecule has 0 aromatic carbocycles. The first-order chi connectivity index (χ1) is 6.22. The molecule has 4 heteroatoms. The van der Waals surface area contributed by atoms with Gasteiger partial charge in [-0.2, -0.15) is 0 Å². The van der Waals surface area contributed by atoms with Crippen LogP contribution in [0.15, 0.2) is 12.5 Å². The van der Waals surface area contributed by atoms with E-state index in [1.165, 1.54) is 0 Å². The van der Waals surface area contributed by atoms with Crippen LogP contribution in [0.3, 0.4) is 0 Å². The molecule has 13 heavy (non-hydrogen) atoms. The molecule has 2 rings (SSSR count). The summed E-state index contributed by atoms with van der Waals surface area (Å²) in [4.78, 5) is 8.58. The van der Waals surface area contributed by atoms with Crippen LogP contribution in [0.5, 0.6) is 0 Å². The predicted octanol–water partition coefficient (Wildman–Crippen LogP) is 0.805. The molecule has 0 atom stereocenters. The standard InChI is InChI=1S/C9H12N4/c1-6-4-13-5-11-7(2)9(13)8(3-10)12-6/h4-5H,3,10H2,1-2H3. The first kappa shape index (κ1) is 8.19. The Morgan fingerprint density at radius 1 is 1.46 bits per heavy atom. The van der Waals surface area contributed by atoms with Crippen LogP contribution in [0, 0.1) is 13.8 Å². The zero-order valence-electron chi connectivity index (χ0n) is 7.78. The van der Waals surface area contributed by atoms with Crippen LogP contribution in [0.2, 0.25) is 0 Å². The second kappa shape index (κ2) is 2.81. The van der Waals surface area contributed by atoms with E-state index in [4.69, 9.17) is 5.73 Å². The smallest absolute Gasteiger partial charge is 0.0996 e. The van der Waals surface area contributed by atoms with Crippen molar-refractivity contribution in [3.05, 3.63) is 29.6 Å². The Kier molecular flexibility index (Phi) is 1.77. The highest BCUT2D eigenvalue weighted by molar-refractivity contribution is 5.56. The van der Waals surface area contributed by atoms with Crippen LogP contribution in [0.25, 0.3) is 5.52 Å². The number of hydrogen-bond acceptors (Lipinski definition) is 3. The normalized spacial score (nSPS) is 11.0. The monoisotopic (exact) mass is 176 g/mol. The maximum absolute atomic E-state index is 5.61. The number of fused-ring (bicyclic) bond motifs is 1. The van der Waals surface area contributed by atoms with Crippen molar-refractivity contribution in [3.8, 4) is 0 Å². The molecular weight excluding hydrogens is 164 g/mol. The number of nitrogens with two attached hydrogens (primary N) is 1. The summed E-state index contributed by atoms with van der Waals surface area (Å²) in [7, 11) is 0. The molecule has 2 aromatic heterocycles. The van der Waals surface area contributed by atoms with Gasteiger partial charge >= 0.3 is 0 Å². The van der Waals surface area contributed by atoms with Crippen LogP contribution < -0.4 is 5.73 Å². The number of hydrogen-bond donors (Lipinski definition) is 1. The lowest BCUT2D eigenvalue weighted by Gasteiger charge is -2.02. The molecule has 0 fully saturated rings. The molecule has 0 saturated carbocycles. The second-order valence-electron chi connectivity index (χ2n) is 3.12. The van der Waals surface area contributed by atoms with Gasteiger partial charge in [0, 0.05) is 12.7 Å². The number of aromatic nitrogens is 3. The number of rotatable bonds is 1. The van der Waals surface area contributed by atoms with Gasteiger partial charge in [-0.25, -0.2) is 4.98 Å². The largest absolute Gasteiger partial charge is 0.325 e. The number of imidazole rings is 1. The lowest BCUT2D eigenvalue weighted by atomic mass is 10.3. The van der Waals surface area contributed by atoms with Crippen LogP contribution in [0.4, 0.5) is 0 Å². The molecule has 2 aromatic rings. The van der Waals surface area contributed by atoms with Gasteiger partial charge in [-0.1, -0.05) is 0 Å². The van der Waals surface area contributed by atoms with Crippen LogP contribution in [-0.2, 0) is 6.54 Å². The van der Waals surface area contributed by atoms with Gasteiger partial charge in [0.05, 0.1) is 28.9 Å². The molecule has 0 amide bonds. The Hall–Kier alpha value is -1.42. The summed E-state index contributed by atoms with van der Waals surface area (Å²) in [6, 6.07) is 0. The van der Waals surface area contributed by atoms with Gasteiger partial charge in [0.2, 0.25) is 0 Å². The van der Waals surface area contributed by atoms with Crippen molar-refractivity contribution < 1.29 is 0 Å². The molecule has 68 valence electrons. The molecule has 4 nitrogen and oxygen atoms in total. The Morgan fingerprint density at radius 2 is 2.23 bits per heavy atom. The van der Waals surface area contributed by atoms with Crippen LogP contribution in [0.1, 0.15) is 17.1 Å². The van der Waals surface area contributed by atoms with Gasteiger partial charge in [-0.05, 0) is 13.8 Å². The Balaban J connectivity index is 2.85. The Labute approximate surface area is 76.4 Å². The third-order valence-corrected chi connectivity index (χ3v) is 2.08. The summed E-state index contributed by atoms with van der Waals surface area (Å²) < 4.78 is 1.97. The molecule has 0 spiro atoms. The van der Waals surface area contributed by atoms with Crippen LogP contribution in [-0.4, -0.2) is 14.4 Å². The molecule has 0 aliphatic heterocycles. The van der Waals surface area contributed by atoms with Gasteiger partial charge in [-0.3, -0.25) is 4.98 Å². The van der Waals surface area contributed by atoms with Crippen molar-refractivity contribution in [2.24, 2.45) is 5.73 Å². The summed E-state index contributed by atoms with van der Waals surface area (Å²) in [6.45, 7) is 4.37. The first-order valence-corrected chi connectivity index (χ1v) is 4.22. The van der Waals surface area contributed by atoms with Crippen molar-refractivity contribution >= 4 is 5.52 Å². The van der Waals surface area contributed by atoms with Crippen molar-refractivity contribution in [2.75, 3.05) is 0 Å². The lowest BCUT2D eigenvalue weighted by Crippen LogP contribution is -2.04. The van der Waals surface area contributed by atoms with E-state index in [-0.39, 0.29) is 0 Å². The van der Waals surface area contributed by atoms with Gasteiger partial charge in [0.1, 0.15) is 0 Å².